The molecule has 1 aliphatic carbocycles. The third-order valence-electron chi connectivity index (χ3n) is 2.71. The molecule has 0 aliphatic heterocycles. The van der Waals surface area contributed by atoms with Gasteiger partial charge in [-0.05, 0) is 24.8 Å². The molecule has 90 valence electrons. The lowest BCUT2D eigenvalue weighted by Crippen LogP contribution is -2.30. The number of carbonyl (C=O) groups excluding carboxylic acids is 2. The van der Waals surface area contributed by atoms with Gasteiger partial charge in [0.2, 0.25) is 0 Å². The highest BCUT2D eigenvalue weighted by Crippen LogP contribution is 2.22. The molecule has 1 aliphatic rings. The lowest BCUT2D eigenvalue weighted by Gasteiger charge is -2.24. The smallest absolute Gasteiger partial charge is 0.417 e. The molecular formula is C13H14O4. The van der Waals surface area contributed by atoms with E-state index in [4.69, 9.17) is 9.47 Å². The van der Waals surface area contributed by atoms with E-state index in [1.165, 1.54) is 0 Å². The maximum atomic E-state index is 11.3. The number of hydrogen-bond acceptors (Lipinski definition) is 4. The molecule has 1 aromatic rings. The molecule has 0 heterocycles. The number of carbonyl (C=O) groups is 2. The highest BCUT2D eigenvalue weighted by atomic mass is 16.6. The third kappa shape index (κ3) is 3.31. The number of rotatable bonds is 3. The van der Waals surface area contributed by atoms with Crippen molar-refractivity contribution < 1.29 is 19.1 Å². The number of ether oxygens (including phenoxy) is 2. The number of benzene rings is 1. The minimum absolute atomic E-state index is 0.0909. The maximum Gasteiger partial charge on any atom is 0.417 e. The molecule has 0 bridgehead atoms. The van der Waals surface area contributed by atoms with Crippen molar-refractivity contribution in [2.45, 2.75) is 32.0 Å². The predicted molar refractivity (Wildman–Crippen MR) is 60.0 cm³/mol. The van der Waals surface area contributed by atoms with Gasteiger partial charge in [0.25, 0.3) is 0 Å². The van der Waals surface area contributed by atoms with E-state index in [-0.39, 0.29) is 12.7 Å². The van der Waals surface area contributed by atoms with Crippen LogP contribution in [0.5, 0.6) is 0 Å². The normalized spacial score (nSPS) is 14.8. The molecule has 2 rings (SSSR count). The van der Waals surface area contributed by atoms with Gasteiger partial charge in [0.15, 0.2) is 0 Å². The predicted octanol–water partition coefficient (Wildman–Crippen LogP) is 1.83. The summed E-state index contributed by atoms with van der Waals surface area (Å²) in [6.45, 7) is 0.0967. The molecule has 1 saturated carbocycles. The first-order valence-electron chi connectivity index (χ1n) is 5.67. The largest absolute Gasteiger partial charge is 0.454 e. The molecule has 0 spiro atoms. The molecule has 1 fully saturated rings. The Labute approximate surface area is 99.5 Å². The Kier molecular flexibility index (Phi) is 3.75. The minimum Gasteiger partial charge on any atom is -0.454 e. The first kappa shape index (κ1) is 11.6. The summed E-state index contributed by atoms with van der Waals surface area (Å²) in [4.78, 5) is 22.6. The third-order valence-corrected chi connectivity index (χ3v) is 2.71. The monoisotopic (exact) mass is 234 g/mol. The highest BCUT2D eigenvalue weighted by molar-refractivity contribution is 6.29. The standard InChI is InChI=1S/C13H14O4/c14-12(13(15)17-11-7-4-8-11)16-9-10-5-2-1-3-6-10/h1-3,5-6,11H,4,7-9H2. The van der Waals surface area contributed by atoms with E-state index >= 15 is 0 Å². The summed E-state index contributed by atoms with van der Waals surface area (Å²) in [5.41, 5.74) is 0.845. The van der Waals surface area contributed by atoms with Crippen LogP contribution in [0.25, 0.3) is 0 Å². The molecule has 0 unspecified atom stereocenters. The van der Waals surface area contributed by atoms with Crippen LogP contribution in [-0.2, 0) is 25.7 Å². The van der Waals surface area contributed by atoms with Gasteiger partial charge in [0.05, 0.1) is 0 Å². The van der Waals surface area contributed by atoms with Crippen LogP contribution >= 0.6 is 0 Å². The van der Waals surface area contributed by atoms with Gasteiger partial charge in [-0.3, -0.25) is 0 Å². The fraction of sp³-hybridized carbons (Fsp3) is 0.385. The molecule has 0 aromatic heterocycles. The van der Waals surface area contributed by atoms with Crippen LogP contribution in [0.15, 0.2) is 30.3 Å². The highest BCUT2D eigenvalue weighted by Gasteiger charge is 2.26. The van der Waals surface area contributed by atoms with Gasteiger partial charge in [0, 0.05) is 0 Å². The van der Waals surface area contributed by atoms with Crippen molar-refractivity contribution in [1.82, 2.24) is 0 Å². The second-order valence-electron chi connectivity index (χ2n) is 4.02. The quantitative estimate of drug-likeness (QED) is 0.591. The van der Waals surface area contributed by atoms with Gasteiger partial charge in [-0.1, -0.05) is 30.3 Å². The van der Waals surface area contributed by atoms with Crippen LogP contribution in [0.1, 0.15) is 24.8 Å². The van der Waals surface area contributed by atoms with Crippen LogP contribution in [0.3, 0.4) is 0 Å². The molecule has 0 saturated heterocycles. The van der Waals surface area contributed by atoms with Gasteiger partial charge in [-0.15, -0.1) is 0 Å². The average molecular weight is 234 g/mol. The lowest BCUT2D eigenvalue weighted by atomic mass is 9.96. The summed E-state index contributed by atoms with van der Waals surface area (Å²) in [6.07, 6.45) is 2.65. The van der Waals surface area contributed by atoms with E-state index in [1.54, 1.807) is 0 Å². The fourth-order valence-corrected chi connectivity index (χ4v) is 1.47. The zero-order valence-electron chi connectivity index (χ0n) is 9.43. The first-order chi connectivity index (χ1) is 8.25. The van der Waals surface area contributed by atoms with Crippen LogP contribution in [-0.4, -0.2) is 18.0 Å². The van der Waals surface area contributed by atoms with Crippen molar-refractivity contribution in [3.8, 4) is 0 Å². The molecule has 17 heavy (non-hydrogen) atoms. The summed E-state index contributed by atoms with van der Waals surface area (Å²) >= 11 is 0. The summed E-state index contributed by atoms with van der Waals surface area (Å²) in [5.74, 6) is -1.80. The Morgan fingerprint density at radius 2 is 1.82 bits per heavy atom. The van der Waals surface area contributed by atoms with Crippen LogP contribution in [0, 0.1) is 0 Å². The van der Waals surface area contributed by atoms with Crippen molar-refractivity contribution in [3.63, 3.8) is 0 Å². The van der Waals surface area contributed by atoms with Gasteiger partial charge in [-0.2, -0.15) is 0 Å². The molecule has 1 aromatic carbocycles. The second-order valence-corrected chi connectivity index (χ2v) is 4.02. The van der Waals surface area contributed by atoms with E-state index in [0.29, 0.717) is 0 Å². The Morgan fingerprint density at radius 3 is 2.41 bits per heavy atom. The van der Waals surface area contributed by atoms with Crippen LogP contribution in [0.4, 0.5) is 0 Å². The van der Waals surface area contributed by atoms with Gasteiger partial charge >= 0.3 is 11.9 Å². The summed E-state index contributed by atoms with van der Waals surface area (Å²) in [5, 5.41) is 0. The van der Waals surface area contributed by atoms with Gasteiger partial charge < -0.3 is 9.47 Å². The van der Waals surface area contributed by atoms with Crippen molar-refractivity contribution in [3.05, 3.63) is 35.9 Å². The number of esters is 2. The Hall–Kier alpha value is -1.84. The van der Waals surface area contributed by atoms with Crippen molar-refractivity contribution in [1.29, 1.82) is 0 Å². The molecular weight excluding hydrogens is 220 g/mol. The summed E-state index contributed by atoms with van der Waals surface area (Å²) < 4.78 is 9.77. The van der Waals surface area contributed by atoms with E-state index in [1.807, 2.05) is 30.3 Å². The average Bonchev–Trinajstić information content (AvgIpc) is 2.32. The van der Waals surface area contributed by atoms with Crippen LogP contribution in [0.2, 0.25) is 0 Å². The second kappa shape index (κ2) is 5.48. The molecule has 0 N–H and O–H groups in total. The van der Waals surface area contributed by atoms with Crippen molar-refractivity contribution >= 4 is 11.9 Å². The number of hydrogen-bond donors (Lipinski definition) is 0. The first-order valence-corrected chi connectivity index (χ1v) is 5.67. The zero-order valence-corrected chi connectivity index (χ0v) is 9.43. The molecule has 0 radical (unpaired) electrons. The Balaban J connectivity index is 1.74. The zero-order chi connectivity index (χ0) is 12.1. The van der Waals surface area contributed by atoms with Gasteiger partial charge in [0.1, 0.15) is 12.7 Å². The molecule has 4 nitrogen and oxygen atoms in total. The topological polar surface area (TPSA) is 52.6 Å². The Bertz CT molecular complexity index is 395. The Morgan fingerprint density at radius 1 is 1.12 bits per heavy atom. The molecule has 0 atom stereocenters. The van der Waals surface area contributed by atoms with Gasteiger partial charge in [-0.25, -0.2) is 9.59 Å². The van der Waals surface area contributed by atoms with E-state index in [2.05, 4.69) is 0 Å². The van der Waals surface area contributed by atoms with Crippen molar-refractivity contribution in [2.24, 2.45) is 0 Å². The van der Waals surface area contributed by atoms with Crippen molar-refractivity contribution in [2.75, 3.05) is 0 Å². The molecule has 0 amide bonds. The summed E-state index contributed by atoms with van der Waals surface area (Å²) in [6, 6.07) is 9.21. The lowest BCUT2D eigenvalue weighted by molar-refractivity contribution is -0.174. The summed E-state index contributed by atoms with van der Waals surface area (Å²) in [7, 11) is 0. The molecule has 4 heteroatoms. The van der Waals surface area contributed by atoms with Crippen LogP contribution < -0.4 is 0 Å². The fourth-order valence-electron chi connectivity index (χ4n) is 1.47. The van der Waals surface area contributed by atoms with E-state index < -0.39 is 11.9 Å². The van der Waals surface area contributed by atoms with E-state index in [0.717, 1.165) is 24.8 Å². The maximum absolute atomic E-state index is 11.3. The van der Waals surface area contributed by atoms with E-state index in [9.17, 15) is 9.59 Å². The SMILES string of the molecule is O=C(OCc1ccccc1)C(=O)OC1CCC1. The minimum atomic E-state index is -0.916.